The molecule has 1 amide bonds. The molecule has 1 rings (SSSR count). The van der Waals surface area contributed by atoms with Crippen LogP contribution in [0.5, 0.6) is 0 Å². The third-order valence-electron chi connectivity index (χ3n) is 6.74. The van der Waals surface area contributed by atoms with Crippen LogP contribution >= 0.6 is 0 Å². The summed E-state index contributed by atoms with van der Waals surface area (Å²) in [5.74, 6) is 0.324. The number of aliphatic hydroxyl groups excluding tert-OH is 1. The molecule has 0 aromatic carbocycles. The van der Waals surface area contributed by atoms with E-state index in [4.69, 9.17) is 0 Å². The number of carbonyl (C=O) groups excluding carboxylic acids is 1. The van der Waals surface area contributed by atoms with Gasteiger partial charge in [-0.2, -0.15) is 0 Å². The summed E-state index contributed by atoms with van der Waals surface area (Å²) in [6.07, 6.45) is 6.77. The molecule has 28 heavy (non-hydrogen) atoms. The van der Waals surface area contributed by atoms with Crippen LogP contribution in [-0.4, -0.2) is 47.7 Å². The molecular weight excluding hydrogens is 348 g/mol. The molecule has 4 heteroatoms. The molecule has 0 bridgehead atoms. The van der Waals surface area contributed by atoms with Crippen molar-refractivity contribution in [2.75, 3.05) is 19.6 Å². The molecule has 1 aliphatic heterocycles. The lowest BCUT2D eigenvalue weighted by molar-refractivity contribution is -0.130. The van der Waals surface area contributed by atoms with Crippen LogP contribution in [-0.2, 0) is 4.79 Å². The molecule has 0 aromatic rings. The van der Waals surface area contributed by atoms with Gasteiger partial charge in [0.1, 0.15) is 0 Å². The topological polar surface area (TPSA) is 52.6 Å². The zero-order chi connectivity index (χ0) is 21.6. The van der Waals surface area contributed by atoms with Crippen LogP contribution in [0.2, 0.25) is 0 Å². The number of rotatable bonds is 10. The van der Waals surface area contributed by atoms with Crippen LogP contribution in [0.1, 0.15) is 100 Å². The predicted octanol–water partition coefficient (Wildman–Crippen LogP) is 5.00. The van der Waals surface area contributed by atoms with E-state index < -0.39 is 0 Å². The number of aliphatic hydroxyl groups is 1. The lowest BCUT2D eigenvalue weighted by Crippen LogP contribution is -2.45. The second-order valence-electron chi connectivity index (χ2n) is 11.6. The van der Waals surface area contributed by atoms with E-state index in [0.717, 1.165) is 51.7 Å². The average molecular weight is 397 g/mol. The smallest absolute Gasteiger partial charge is 0.222 e. The Hall–Kier alpha value is -0.610. The number of hydrogen-bond acceptors (Lipinski definition) is 3. The average Bonchev–Trinajstić information content (AvgIpc) is 2.68. The third-order valence-corrected chi connectivity index (χ3v) is 6.74. The standard InChI is InChI=1S/C24H48N2O2/c1-19(27)16-23(5,6)24(7,8)18-20(17-22(2,3)4)25-13-15-26-14-11-9-10-12-21(26)28/h19-20,25,27H,9-18H2,1-8H3. The number of hydrogen-bond donors (Lipinski definition) is 2. The Kier molecular flexibility index (Phi) is 9.47. The SMILES string of the molecule is CC(O)CC(C)(C)C(C)(C)CC(CC(C)(C)C)NCCN1CCCCCC1=O. The molecule has 2 atom stereocenters. The van der Waals surface area contributed by atoms with E-state index in [0.29, 0.717) is 18.4 Å². The molecule has 2 N–H and O–H groups in total. The van der Waals surface area contributed by atoms with Crippen molar-refractivity contribution in [1.82, 2.24) is 10.2 Å². The van der Waals surface area contributed by atoms with Gasteiger partial charge in [-0.1, -0.05) is 54.9 Å². The van der Waals surface area contributed by atoms with Crippen molar-refractivity contribution in [2.24, 2.45) is 16.2 Å². The summed E-state index contributed by atoms with van der Waals surface area (Å²) in [4.78, 5) is 14.3. The highest BCUT2D eigenvalue weighted by Gasteiger charge is 2.39. The van der Waals surface area contributed by atoms with Gasteiger partial charge < -0.3 is 15.3 Å². The minimum atomic E-state index is -0.280. The monoisotopic (exact) mass is 396 g/mol. The van der Waals surface area contributed by atoms with Crippen molar-refractivity contribution in [1.29, 1.82) is 0 Å². The zero-order valence-electron chi connectivity index (χ0n) is 20.0. The van der Waals surface area contributed by atoms with E-state index in [1.54, 1.807) is 0 Å². The van der Waals surface area contributed by atoms with Crippen molar-refractivity contribution in [3.63, 3.8) is 0 Å². The maximum Gasteiger partial charge on any atom is 0.222 e. The number of amides is 1. The first-order chi connectivity index (χ1) is 12.7. The van der Waals surface area contributed by atoms with Gasteiger partial charge in [-0.15, -0.1) is 0 Å². The Morgan fingerprint density at radius 3 is 2.14 bits per heavy atom. The first-order valence-electron chi connectivity index (χ1n) is 11.4. The largest absolute Gasteiger partial charge is 0.393 e. The first kappa shape index (κ1) is 25.4. The quantitative estimate of drug-likeness (QED) is 0.546. The minimum absolute atomic E-state index is 0.0553. The number of nitrogens with zero attached hydrogens (tertiary/aromatic N) is 1. The third kappa shape index (κ3) is 8.82. The molecular formula is C24H48N2O2. The fourth-order valence-corrected chi connectivity index (χ4v) is 4.54. The summed E-state index contributed by atoms with van der Waals surface area (Å²) in [6, 6.07) is 0.408. The van der Waals surface area contributed by atoms with Gasteiger partial charge in [0.25, 0.3) is 0 Å². The number of likely N-dealkylation sites (tertiary alicyclic amines) is 1. The fraction of sp³-hybridized carbons (Fsp3) is 0.958. The van der Waals surface area contributed by atoms with Gasteiger partial charge in [-0.3, -0.25) is 4.79 Å². The molecule has 1 fully saturated rings. The molecule has 0 saturated carbocycles. The molecule has 0 aliphatic carbocycles. The Labute approximate surface area is 174 Å². The Morgan fingerprint density at radius 1 is 0.964 bits per heavy atom. The highest BCUT2D eigenvalue weighted by Crippen LogP contribution is 2.46. The van der Waals surface area contributed by atoms with E-state index in [2.05, 4.69) is 58.7 Å². The van der Waals surface area contributed by atoms with Crippen LogP contribution in [0.25, 0.3) is 0 Å². The summed E-state index contributed by atoms with van der Waals surface area (Å²) in [7, 11) is 0. The van der Waals surface area contributed by atoms with Crippen LogP contribution in [0, 0.1) is 16.2 Å². The van der Waals surface area contributed by atoms with Crippen molar-refractivity contribution in [3.8, 4) is 0 Å². The number of nitrogens with one attached hydrogen (secondary N) is 1. The molecule has 0 radical (unpaired) electrons. The summed E-state index contributed by atoms with van der Waals surface area (Å²) in [5, 5.41) is 13.7. The van der Waals surface area contributed by atoms with Gasteiger partial charge in [0.05, 0.1) is 6.10 Å². The lowest BCUT2D eigenvalue weighted by Gasteiger charge is -2.45. The highest BCUT2D eigenvalue weighted by atomic mass is 16.3. The first-order valence-corrected chi connectivity index (χ1v) is 11.4. The molecule has 1 aliphatic rings. The van der Waals surface area contributed by atoms with Gasteiger partial charge in [0.15, 0.2) is 0 Å². The Bertz CT molecular complexity index is 477. The predicted molar refractivity (Wildman–Crippen MR) is 119 cm³/mol. The van der Waals surface area contributed by atoms with Crippen molar-refractivity contribution >= 4 is 5.91 Å². The normalized spacial score (nSPS) is 19.5. The number of carbonyl (C=O) groups is 1. The fourth-order valence-electron chi connectivity index (χ4n) is 4.54. The van der Waals surface area contributed by atoms with E-state index in [9.17, 15) is 9.90 Å². The van der Waals surface area contributed by atoms with Gasteiger partial charge in [0.2, 0.25) is 5.91 Å². The molecule has 0 spiro atoms. The summed E-state index contributed by atoms with van der Waals surface area (Å²) in [6.45, 7) is 20.6. The van der Waals surface area contributed by atoms with Crippen LogP contribution < -0.4 is 5.32 Å². The van der Waals surface area contributed by atoms with Crippen LogP contribution in [0.15, 0.2) is 0 Å². The molecule has 166 valence electrons. The molecule has 4 nitrogen and oxygen atoms in total. The van der Waals surface area contributed by atoms with Gasteiger partial charge in [-0.05, 0) is 55.3 Å². The van der Waals surface area contributed by atoms with E-state index >= 15 is 0 Å². The summed E-state index contributed by atoms with van der Waals surface area (Å²) < 4.78 is 0. The van der Waals surface area contributed by atoms with Crippen LogP contribution in [0.4, 0.5) is 0 Å². The second-order valence-corrected chi connectivity index (χ2v) is 11.6. The maximum absolute atomic E-state index is 12.3. The van der Waals surface area contributed by atoms with Crippen LogP contribution in [0.3, 0.4) is 0 Å². The Morgan fingerprint density at radius 2 is 1.57 bits per heavy atom. The van der Waals surface area contributed by atoms with Gasteiger partial charge >= 0.3 is 0 Å². The van der Waals surface area contributed by atoms with E-state index in [1.165, 1.54) is 6.42 Å². The zero-order valence-corrected chi connectivity index (χ0v) is 20.0. The minimum Gasteiger partial charge on any atom is -0.393 e. The van der Waals surface area contributed by atoms with Crippen molar-refractivity contribution in [2.45, 2.75) is 112 Å². The summed E-state index contributed by atoms with van der Waals surface area (Å²) in [5.41, 5.74) is 0.408. The second kappa shape index (κ2) is 10.4. The molecule has 2 unspecified atom stereocenters. The van der Waals surface area contributed by atoms with Crippen molar-refractivity contribution < 1.29 is 9.90 Å². The molecule has 1 saturated heterocycles. The van der Waals surface area contributed by atoms with Gasteiger partial charge in [0, 0.05) is 32.1 Å². The maximum atomic E-state index is 12.3. The molecule has 1 heterocycles. The summed E-state index contributed by atoms with van der Waals surface area (Å²) >= 11 is 0. The lowest BCUT2D eigenvalue weighted by atomic mass is 9.62. The van der Waals surface area contributed by atoms with Gasteiger partial charge in [-0.25, -0.2) is 0 Å². The highest BCUT2D eigenvalue weighted by molar-refractivity contribution is 5.76. The van der Waals surface area contributed by atoms with E-state index in [-0.39, 0.29) is 22.3 Å². The van der Waals surface area contributed by atoms with E-state index in [1.807, 2.05) is 6.92 Å². The Balaban J connectivity index is 2.73. The molecule has 0 aromatic heterocycles. The van der Waals surface area contributed by atoms with Crippen molar-refractivity contribution in [3.05, 3.63) is 0 Å².